The average Bonchev–Trinajstić information content (AvgIpc) is 2.81. The third-order valence-corrected chi connectivity index (χ3v) is 5.67. The molecule has 0 bridgehead atoms. The van der Waals surface area contributed by atoms with Gasteiger partial charge in [0.05, 0.1) is 18.1 Å². The molecule has 0 unspecified atom stereocenters. The topological polar surface area (TPSA) is 91.2 Å². The summed E-state index contributed by atoms with van der Waals surface area (Å²) in [6, 6.07) is 15.0. The average molecular weight is 462 g/mol. The minimum atomic E-state index is -0.427. The summed E-state index contributed by atoms with van der Waals surface area (Å²) in [6.45, 7) is 6.23. The van der Waals surface area contributed by atoms with Crippen molar-refractivity contribution < 1.29 is 14.5 Å². The van der Waals surface area contributed by atoms with Crippen molar-refractivity contribution in [1.82, 2.24) is 15.3 Å². The van der Waals surface area contributed by atoms with E-state index in [2.05, 4.69) is 22.5 Å². The lowest BCUT2D eigenvalue weighted by Crippen LogP contribution is -2.53. The maximum absolute atomic E-state index is 12.7. The van der Waals surface area contributed by atoms with Gasteiger partial charge in [0, 0.05) is 57.4 Å². The third kappa shape index (κ3) is 5.95. The molecule has 0 aliphatic carbocycles. The maximum atomic E-state index is 12.7. The molecule has 9 nitrogen and oxygen atoms in total. The molecule has 10 heteroatoms. The molecule has 2 aliphatic rings. The summed E-state index contributed by atoms with van der Waals surface area (Å²) >= 11 is 0. The Bertz CT molecular complexity index is 916. The van der Waals surface area contributed by atoms with E-state index in [1.165, 1.54) is 11.6 Å². The normalized spacial score (nSPS) is 17.4. The Balaban J connectivity index is 0.00000289. The minimum Gasteiger partial charge on any atom is -0.378 e. The highest BCUT2D eigenvalue weighted by atomic mass is 35.5. The van der Waals surface area contributed by atoms with Gasteiger partial charge in [-0.05, 0) is 17.7 Å². The molecule has 1 N–H and O–H groups in total. The lowest BCUT2D eigenvalue weighted by molar-refractivity contribution is -0.384. The molecule has 0 aromatic heterocycles. The highest BCUT2D eigenvalue weighted by Gasteiger charge is 2.24. The van der Waals surface area contributed by atoms with E-state index >= 15 is 0 Å². The van der Waals surface area contributed by atoms with E-state index in [9.17, 15) is 14.9 Å². The molecule has 2 aromatic rings. The summed E-state index contributed by atoms with van der Waals surface area (Å²) in [5.74, 6) is -0.326. The van der Waals surface area contributed by atoms with Gasteiger partial charge in [0.1, 0.15) is 5.69 Å². The first-order valence-electron chi connectivity index (χ1n) is 10.5. The number of ether oxygens (including phenoxy) is 1. The smallest absolute Gasteiger partial charge is 0.293 e. The van der Waals surface area contributed by atoms with Gasteiger partial charge in [-0.1, -0.05) is 30.3 Å². The number of piperazine rings is 1. The predicted molar refractivity (Wildman–Crippen MR) is 124 cm³/mol. The van der Waals surface area contributed by atoms with Crippen LogP contribution in [-0.2, 0) is 11.3 Å². The highest BCUT2D eigenvalue weighted by Crippen LogP contribution is 2.30. The molecule has 0 saturated carbocycles. The van der Waals surface area contributed by atoms with Crippen molar-refractivity contribution >= 4 is 29.7 Å². The Kier molecular flexibility index (Phi) is 8.40. The quantitative estimate of drug-likeness (QED) is 0.521. The fourth-order valence-corrected chi connectivity index (χ4v) is 3.95. The van der Waals surface area contributed by atoms with Gasteiger partial charge < -0.3 is 9.64 Å². The van der Waals surface area contributed by atoms with E-state index in [0.29, 0.717) is 45.1 Å². The first kappa shape index (κ1) is 23.9. The standard InChI is InChI=1S/C22H27N5O4.ClH/c28-22(23-26-10-8-24(9-11-26)17-18-4-2-1-3-5-18)19-6-7-20(21(16-19)27(29)30)25-12-14-31-15-13-25;/h1-7,16H,8-15,17H2,(H,23,28);1H. The van der Waals surface area contributed by atoms with E-state index < -0.39 is 4.92 Å². The van der Waals surface area contributed by atoms with Gasteiger partial charge in [0.15, 0.2) is 0 Å². The van der Waals surface area contributed by atoms with Crippen LogP contribution in [0.5, 0.6) is 0 Å². The Hall–Kier alpha value is -2.72. The van der Waals surface area contributed by atoms with Crippen molar-refractivity contribution in [1.29, 1.82) is 0 Å². The molecule has 2 saturated heterocycles. The van der Waals surface area contributed by atoms with Crippen molar-refractivity contribution in [3.05, 3.63) is 69.8 Å². The van der Waals surface area contributed by atoms with E-state index in [-0.39, 0.29) is 29.6 Å². The molecule has 32 heavy (non-hydrogen) atoms. The number of hydrogen-bond donors (Lipinski definition) is 1. The van der Waals surface area contributed by atoms with Crippen LogP contribution in [0.15, 0.2) is 48.5 Å². The van der Waals surface area contributed by atoms with Crippen LogP contribution in [0.3, 0.4) is 0 Å². The van der Waals surface area contributed by atoms with E-state index in [1.807, 2.05) is 28.1 Å². The summed E-state index contributed by atoms with van der Waals surface area (Å²) in [5, 5.41) is 13.5. The molecule has 4 rings (SSSR count). The number of benzene rings is 2. The Morgan fingerprint density at radius 3 is 2.34 bits per heavy atom. The summed E-state index contributed by atoms with van der Waals surface area (Å²) in [5.41, 5.74) is 4.93. The summed E-state index contributed by atoms with van der Waals surface area (Å²) in [4.78, 5) is 28.2. The molecule has 0 spiro atoms. The van der Waals surface area contributed by atoms with Crippen LogP contribution in [0.2, 0.25) is 0 Å². The highest BCUT2D eigenvalue weighted by molar-refractivity contribution is 5.95. The van der Waals surface area contributed by atoms with E-state index in [4.69, 9.17) is 4.74 Å². The fraction of sp³-hybridized carbons (Fsp3) is 0.409. The molecular weight excluding hydrogens is 434 g/mol. The minimum absolute atomic E-state index is 0. The second-order valence-electron chi connectivity index (χ2n) is 7.75. The number of halogens is 1. The number of amides is 1. The van der Waals surface area contributed by atoms with Gasteiger partial charge in [0.2, 0.25) is 0 Å². The van der Waals surface area contributed by atoms with Gasteiger partial charge >= 0.3 is 0 Å². The fourth-order valence-electron chi connectivity index (χ4n) is 3.95. The lowest BCUT2D eigenvalue weighted by atomic mass is 10.1. The van der Waals surface area contributed by atoms with E-state index in [0.717, 1.165) is 19.6 Å². The lowest BCUT2D eigenvalue weighted by Gasteiger charge is -2.34. The number of carbonyl (C=O) groups excluding carboxylic acids is 1. The largest absolute Gasteiger partial charge is 0.378 e. The zero-order valence-electron chi connectivity index (χ0n) is 17.8. The summed E-state index contributed by atoms with van der Waals surface area (Å²) < 4.78 is 5.32. The molecule has 2 aromatic carbocycles. The van der Waals surface area contributed by atoms with Gasteiger partial charge in [-0.2, -0.15) is 0 Å². The summed E-state index contributed by atoms with van der Waals surface area (Å²) in [6.07, 6.45) is 0. The van der Waals surface area contributed by atoms with Crippen LogP contribution in [0.1, 0.15) is 15.9 Å². The molecule has 2 aliphatic heterocycles. The Morgan fingerprint density at radius 1 is 1.00 bits per heavy atom. The second-order valence-corrected chi connectivity index (χ2v) is 7.75. The van der Waals surface area contributed by atoms with Gasteiger partial charge in [-0.15, -0.1) is 12.4 Å². The van der Waals surface area contributed by atoms with Crippen molar-refractivity contribution in [3.63, 3.8) is 0 Å². The van der Waals surface area contributed by atoms with Crippen LogP contribution < -0.4 is 10.3 Å². The van der Waals surface area contributed by atoms with Crippen LogP contribution in [0.4, 0.5) is 11.4 Å². The number of nitrogens with one attached hydrogen (secondary N) is 1. The molecule has 0 atom stereocenters. The van der Waals surface area contributed by atoms with Gasteiger partial charge in [-0.25, -0.2) is 5.01 Å². The number of hydrazine groups is 1. The summed E-state index contributed by atoms with van der Waals surface area (Å²) in [7, 11) is 0. The van der Waals surface area contributed by atoms with Gasteiger partial charge in [0.25, 0.3) is 11.6 Å². The molecule has 172 valence electrons. The zero-order chi connectivity index (χ0) is 21.6. The number of nitrogens with zero attached hydrogens (tertiary/aromatic N) is 4. The first-order valence-corrected chi connectivity index (χ1v) is 10.5. The van der Waals surface area contributed by atoms with Crippen molar-refractivity contribution in [2.24, 2.45) is 0 Å². The SMILES string of the molecule is Cl.O=C(NN1CCN(Cc2ccccc2)CC1)c1ccc(N2CCOCC2)c([N+](=O)[O-])c1. The number of rotatable bonds is 6. The van der Waals surface area contributed by atoms with Crippen molar-refractivity contribution in [3.8, 4) is 0 Å². The number of hydrogen-bond acceptors (Lipinski definition) is 7. The predicted octanol–water partition coefficient (Wildman–Crippen LogP) is 2.32. The maximum Gasteiger partial charge on any atom is 0.293 e. The number of morpholine rings is 1. The number of nitro benzene ring substituents is 1. The number of nitro groups is 1. The number of carbonyl (C=O) groups is 1. The molecule has 1 amide bonds. The molecular formula is C22H28ClN5O4. The Labute approximate surface area is 193 Å². The van der Waals surface area contributed by atoms with Crippen LogP contribution in [0, 0.1) is 10.1 Å². The van der Waals surface area contributed by atoms with Crippen LogP contribution in [0.25, 0.3) is 0 Å². The zero-order valence-corrected chi connectivity index (χ0v) is 18.6. The monoisotopic (exact) mass is 461 g/mol. The first-order chi connectivity index (χ1) is 15.1. The molecule has 2 fully saturated rings. The van der Waals surface area contributed by atoms with Crippen molar-refractivity contribution in [2.75, 3.05) is 57.4 Å². The molecule has 0 radical (unpaired) electrons. The van der Waals surface area contributed by atoms with Crippen LogP contribution in [-0.4, -0.2) is 73.2 Å². The van der Waals surface area contributed by atoms with Crippen molar-refractivity contribution in [2.45, 2.75) is 6.54 Å². The molecule has 2 heterocycles. The van der Waals surface area contributed by atoms with Crippen LogP contribution >= 0.6 is 12.4 Å². The second kappa shape index (κ2) is 11.2. The van der Waals surface area contributed by atoms with Gasteiger partial charge in [-0.3, -0.25) is 25.2 Å². The Morgan fingerprint density at radius 2 is 1.69 bits per heavy atom. The third-order valence-electron chi connectivity index (χ3n) is 5.67. The number of anilines is 1. The van der Waals surface area contributed by atoms with E-state index in [1.54, 1.807) is 12.1 Å².